The van der Waals surface area contributed by atoms with E-state index >= 15 is 0 Å². The van der Waals surface area contributed by atoms with E-state index in [0.717, 1.165) is 4.88 Å². The quantitative estimate of drug-likeness (QED) is 0.858. The Morgan fingerprint density at radius 1 is 1.25 bits per heavy atom. The molecule has 8 nitrogen and oxygen atoms in total. The highest BCUT2D eigenvalue weighted by molar-refractivity contribution is 7.16. The summed E-state index contributed by atoms with van der Waals surface area (Å²) >= 11 is 1.23. The first-order valence-corrected chi connectivity index (χ1v) is 8.09. The third-order valence-electron chi connectivity index (χ3n) is 3.20. The number of ether oxygens (including phenoxy) is 3. The van der Waals surface area contributed by atoms with Crippen LogP contribution in [0.15, 0.2) is 12.0 Å². The molecule has 0 aromatic carbocycles. The van der Waals surface area contributed by atoms with Gasteiger partial charge in [0.2, 0.25) is 5.76 Å². The van der Waals surface area contributed by atoms with Gasteiger partial charge in [-0.2, -0.15) is 0 Å². The lowest BCUT2D eigenvalue weighted by atomic mass is 10.1. The summed E-state index contributed by atoms with van der Waals surface area (Å²) < 4.78 is 14.9. The van der Waals surface area contributed by atoms with Gasteiger partial charge in [0, 0.05) is 4.88 Å². The van der Waals surface area contributed by atoms with Crippen LogP contribution in [0.25, 0.3) is 0 Å². The molecule has 1 aliphatic rings. The lowest BCUT2D eigenvalue weighted by Gasteiger charge is -2.15. The number of hydrogen-bond acceptors (Lipinski definition) is 7. The predicted molar refractivity (Wildman–Crippen MR) is 86.9 cm³/mol. The number of amides is 3. The van der Waals surface area contributed by atoms with Crippen LogP contribution in [0.1, 0.15) is 27.7 Å². The van der Waals surface area contributed by atoms with Crippen molar-refractivity contribution in [3.05, 3.63) is 28.0 Å². The van der Waals surface area contributed by atoms with E-state index in [1.807, 2.05) is 6.92 Å². The molecule has 0 unspecified atom stereocenters. The van der Waals surface area contributed by atoms with Gasteiger partial charge in [0.15, 0.2) is 0 Å². The van der Waals surface area contributed by atoms with Crippen LogP contribution >= 0.6 is 11.3 Å². The second kappa shape index (κ2) is 7.82. The third-order valence-corrected chi connectivity index (χ3v) is 4.33. The highest BCUT2D eigenvalue weighted by Gasteiger charge is 2.24. The molecule has 0 saturated heterocycles. The van der Waals surface area contributed by atoms with Gasteiger partial charge in [0.1, 0.15) is 24.5 Å². The molecule has 0 radical (unpaired) electrons. The van der Waals surface area contributed by atoms with Gasteiger partial charge in [-0.05, 0) is 26.3 Å². The lowest BCUT2D eigenvalue weighted by Crippen LogP contribution is -2.32. The smallest absolute Gasteiger partial charge is 0.414 e. The normalized spacial score (nSPS) is 13.2. The SMILES string of the molecule is CCOC(=O)NC(=O)c1c(NC(=O)C2=COCCO2)sc(C)c1C. The summed E-state index contributed by atoms with van der Waals surface area (Å²) in [7, 11) is 0. The molecule has 2 rings (SSSR count). The Morgan fingerprint density at radius 3 is 2.62 bits per heavy atom. The van der Waals surface area contributed by atoms with E-state index in [2.05, 4.69) is 10.6 Å². The lowest BCUT2D eigenvalue weighted by molar-refractivity contribution is -0.117. The zero-order valence-corrected chi connectivity index (χ0v) is 14.4. The van der Waals surface area contributed by atoms with Crippen molar-refractivity contribution in [2.24, 2.45) is 0 Å². The molecule has 9 heteroatoms. The molecule has 0 fully saturated rings. The Morgan fingerprint density at radius 2 is 2.00 bits per heavy atom. The summed E-state index contributed by atoms with van der Waals surface area (Å²) in [5.74, 6) is -1.14. The van der Waals surface area contributed by atoms with Crippen molar-refractivity contribution in [2.75, 3.05) is 25.1 Å². The second-order valence-electron chi connectivity index (χ2n) is 4.82. The largest absolute Gasteiger partial charge is 0.494 e. The Kier molecular flexibility index (Phi) is 5.80. The molecule has 1 aliphatic heterocycles. The highest BCUT2D eigenvalue weighted by Crippen LogP contribution is 2.32. The molecular formula is C15H18N2O6S. The number of rotatable bonds is 4. The second-order valence-corrected chi connectivity index (χ2v) is 6.04. The van der Waals surface area contributed by atoms with Gasteiger partial charge >= 0.3 is 6.09 Å². The average Bonchev–Trinajstić information content (AvgIpc) is 2.82. The maximum atomic E-state index is 12.3. The van der Waals surface area contributed by atoms with Crippen LogP contribution in [0.4, 0.5) is 9.80 Å². The van der Waals surface area contributed by atoms with Gasteiger partial charge in [-0.25, -0.2) is 4.79 Å². The zero-order valence-electron chi connectivity index (χ0n) is 13.6. The minimum absolute atomic E-state index is 0.0294. The molecule has 0 saturated carbocycles. The van der Waals surface area contributed by atoms with E-state index < -0.39 is 17.9 Å². The number of alkyl carbamates (subject to hydrolysis) is 1. The number of nitrogens with one attached hydrogen (secondary N) is 2. The van der Waals surface area contributed by atoms with E-state index in [-0.39, 0.29) is 24.5 Å². The molecule has 130 valence electrons. The van der Waals surface area contributed by atoms with Gasteiger partial charge in [-0.3, -0.25) is 14.9 Å². The Labute approximate surface area is 142 Å². The number of aryl methyl sites for hydroxylation is 1. The summed E-state index contributed by atoms with van der Waals surface area (Å²) in [5.41, 5.74) is 0.892. The zero-order chi connectivity index (χ0) is 17.7. The van der Waals surface area contributed by atoms with Gasteiger partial charge in [-0.1, -0.05) is 0 Å². The summed E-state index contributed by atoms with van der Waals surface area (Å²) in [6.07, 6.45) is 0.389. The van der Waals surface area contributed by atoms with Crippen LogP contribution in [-0.2, 0) is 19.0 Å². The minimum Gasteiger partial charge on any atom is -0.494 e. The van der Waals surface area contributed by atoms with Crippen molar-refractivity contribution in [3.8, 4) is 0 Å². The molecule has 0 atom stereocenters. The van der Waals surface area contributed by atoms with Crippen molar-refractivity contribution < 1.29 is 28.6 Å². The monoisotopic (exact) mass is 354 g/mol. The van der Waals surface area contributed by atoms with Crippen LogP contribution in [0.3, 0.4) is 0 Å². The predicted octanol–water partition coefficient (Wildman–Crippen LogP) is 2.08. The highest BCUT2D eigenvalue weighted by atomic mass is 32.1. The van der Waals surface area contributed by atoms with Crippen LogP contribution in [0.2, 0.25) is 0 Å². The van der Waals surface area contributed by atoms with E-state index in [9.17, 15) is 14.4 Å². The Balaban J connectivity index is 2.20. The first-order valence-electron chi connectivity index (χ1n) is 7.28. The first kappa shape index (κ1) is 17.8. The number of imide groups is 1. The van der Waals surface area contributed by atoms with Crippen molar-refractivity contribution in [1.29, 1.82) is 0 Å². The van der Waals surface area contributed by atoms with Crippen molar-refractivity contribution in [1.82, 2.24) is 5.32 Å². The molecule has 1 aromatic rings. The fraction of sp³-hybridized carbons (Fsp3) is 0.400. The van der Waals surface area contributed by atoms with E-state index in [1.54, 1.807) is 13.8 Å². The average molecular weight is 354 g/mol. The van der Waals surface area contributed by atoms with Gasteiger partial charge in [0.25, 0.3) is 11.8 Å². The molecule has 2 N–H and O–H groups in total. The minimum atomic E-state index is -0.838. The molecule has 0 bridgehead atoms. The fourth-order valence-electron chi connectivity index (χ4n) is 1.96. The van der Waals surface area contributed by atoms with Crippen LogP contribution in [0.5, 0.6) is 0 Å². The summed E-state index contributed by atoms with van der Waals surface area (Å²) in [6, 6.07) is 0. The first-order chi connectivity index (χ1) is 11.4. The Hall–Kier alpha value is -2.55. The summed E-state index contributed by atoms with van der Waals surface area (Å²) in [4.78, 5) is 36.8. The number of anilines is 1. The number of carbonyl (C=O) groups is 3. The Bertz CT molecular complexity index is 694. The van der Waals surface area contributed by atoms with Gasteiger partial charge < -0.3 is 19.5 Å². The van der Waals surface area contributed by atoms with E-state index in [0.29, 0.717) is 17.2 Å². The molecule has 2 heterocycles. The van der Waals surface area contributed by atoms with Crippen LogP contribution < -0.4 is 10.6 Å². The molecule has 1 aromatic heterocycles. The van der Waals surface area contributed by atoms with E-state index in [4.69, 9.17) is 14.2 Å². The standard InChI is InChI=1S/C15H18N2O6S/c1-4-22-15(20)17-13(19)11-8(2)9(3)24-14(11)16-12(18)10-7-21-5-6-23-10/h7H,4-6H2,1-3H3,(H,16,18)(H,17,19,20). The van der Waals surface area contributed by atoms with Crippen LogP contribution in [-0.4, -0.2) is 37.7 Å². The maximum absolute atomic E-state index is 12.3. The molecule has 0 spiro atoms. The number of carbonyl (C=O) groups excluding carboxylic acids is 3. The summed E-state index contributed by atoms with van der Waals surface area (Å²) in [5, 5.41) is 5.08. The molecular weight excluding hydrogens is 336 g/mol. The molecule has 3 amide bonds. The van der Waals surface area contributed by atoms with E-state index in [1.165, 1.54) is 17.6 Å². The third kappa shape index (κ3) is 4.05. The number of hydrogen-bond donors (Lipinski definition) is 2. The fourth-order valence-corrected chi connectivity index (χ4v) is 3.02. The van der Waals surface area contributed by atoms with Crippen molar-refractivity contribution in [3.63, 3.8) is 0 Å². The topological polar surface area (TPSA) is 103 Å². The number of thiophene rings is 1. The van der Waals surface area contributed by atoms with Gasteiger partial charge in [-0.15, -0.1) is 11.3 Å². The van der Waals surface area contributed by atoms with Crippen molar-refractivity contribution in [2.45, 2.75) is 20.8 Å². The van der Waals surface area contributed by atoms with Crippen LogP contribution in [0, 0.1) is 13.8 Å². The molecule has 24 heavy (non-hydrogen) atoms. The molecule has 0 aliphatic carbocycles. The summed E-state index contributed by atoms with van der Waals surface area (Å²) in [6.45, 7) is 5.99. The maximum Gasteiger partial charge on any atom is 0.414 e. The van der Waals surface area contributed by atoms with Crippen molar-refractivity contribution >= 4 is 34.2 Å². The van der Waals surface area contributed by atoms with Gasteiger partial charge in [0.05, 0.1) is 12.2 Å².